The van der Waals surface area contributed by atoms with Crippen LogP contribution in [0.2, 0.25) is 11.1 Å². The van der Waals surface area contributed by atoms with Crippen LogP contribution in [0.5, 0.6) is 0 Å². The standard InChI is InChI=1S/C7H17ClOSi/c1-7(2,3)10-5-4-9-6-8/h4-6,10H2,1-3H3. The summed E-state index contributed by atoms with van der Waals surface area (Å²) in [6.45, 7) is 7.73. The molecule has 0 heterocycles. The Morgan fingerprint density at radius 1 is 1.40 bits per heavy atom. The second-order valence-corrected chi connectivity index (χ2v) is 7.23. The van der Waals surface area contributed by atoms with Crippen molar-refractivity contribution in [1.82, 2.24) is 0 Å². The van der Waals surface area contributed by atoms with Crippen molar-refractivity contribution in [1.29, 1.82) is 0 Å². The fourth-order valence-electron chi connectivity index (χ4n) is 0.759. The lowest BCUT2D eigenvalue weighted by atomic mass is 10.3. The first kappa shape index (κ1) is 10.5. The van der Waals surface area contributed by atoms with Gasteiger partial charge in [-0.2, -0.15) is 0 Å². The van der Waals surface area contributed by atoms with Crippen molar-refractivity contribution in [2.75, 3.05) is 12.7 Å². The van der Waals surface area contributed by atoms with Gasteiger partial charge in [0.05, 0.1) is 0 Å². The predicted octanol–water partition coefficient (Wildman–Crippen LogP) is 2.00. The van der Waals surface area contributed by atoms with Gasteiger partial charge in [-0.05, 0) is 11.1 Å². The molecule has 0 atom stereocenters. The van der Waals surface area contributed by atoms with Crippen LogP contribution < -0.4 is 0 Å². The van der Waals surface area contributed by atoms with Gasteiger partial charge in [0.1, 0.15) is 6.07 Å². The summed E-state index contributed by atoms with van der Waals surface area (Å²) in [6, 6.07) is 1.59. The first-order chi connectivity index (χ1) is 4.56. The highest BCUT2D eigenvalue weighted by atomic mass is 35.5. The molecule has 0 spiro atoms. The van der Waals surface area contributed by atoms with E-state index < -0.39 is 0 Å². The van der Waals surface area contributed by atoms with Gasteiger partial charge in [-0.3, -0.25) is 0 Å². The third-order valence-electron chi connectivity index (χ3n) is 1.29. The van der Waals surface area contributed by atoms with Gasteiger partial charge in [0.15, 0.2) is 0 Å². The van der Waals surface area contributed by atoms with E-state index in [4.69, 9.17) is 16.3 Å². The number of halogens is 1. The van der Waals surface area contributed by atoms with Crippen molar-refractivity contribution >= 4 is 21.1 Å². The van der Waals surface area contributed by atoms with E-state index in [1.807, 2.05) is 0 Å². The van der Waals surface area contributed by atoms with Crippen LogP contribution in [0, 0.1) is 0 Å². The Bertz CT molecular complexity index is 80.2. The number of hydrogen-bond donors (Lipinski definition) is 0. The summed E-state index contributed by atoms with van der Waals surface area (Å²) in [5.74, 6) is 0. The van der Waals surface area contributed by atoms with Gasteiger partial charge in [0.2, 0.25) is 0 Å². The molecule has 0 N–H and O–H groups in total. The highest BCUT2D eigenvalue weighted by Crippen LogP contribution is 2.21. The van der Waals surface area contributed by atoms with E-state index in [1.165, 1.54) is 6.04 Å². The average Bonchev–Trinajstić information content (AvgIpc) is 1.78. The summed E-state index contributed by atoms with van der Waals surface area (Å²) in [4.78, 5) is 0. The van der Waals surface area contributed by atoms with E-state index in [2.05, 4.69) is 20.8 Å². The molecule has 0 rings (SSSR count). The van der Waals surface area contributed by atoms with Gasteiger partial charge in [0, 0.05) is 16.1 Å². The molecule has 0 radical (unpaired) electrons. The highest BCUT2D eigenvalue weighted by molar-refractivity contribution is 6.39. The molecular formula is C7H17ClOSi. The minimum Gasteiger partial charge on any atom is -0.366 e. The molecule has 0 saturated carbocycles. The number of ether oxygens (including phenoxy) is 1. The van der Waals surface area contributed by atoms with Crippen LogP contribution in [-0.4, -0.2) is 22.2 Å². The molecule has 0 aromatic heterocycles. The van der Waals surface area contributed by atoms with Gasteiger partial charge >= 0.3 is 0 Å². The van der Waals surface area contributed by atoms with E-state index in [0.29, 0.717) is 11.1 Å². The van der Waals surface area contributed by atoms with Crippen LogP contribution in [0.1, 0.15) is 20.8 Å². The fraction of sp³-hybridized carbons (Fsp3) is 1.00. The average molecular weight is 181 g/mol. The summed E-state index contributed by atoms with van der Waals surface area (Å²) >= 11 is 5.34. The van der Waals surface area contributed by atoms with Gasteiger partial charge in [-0.15, -0.1) is 0 Å². The first-order valence-electron chi connectivity index (χ1n) is 3.70. The van der Waals surface area contributed by atoms with Crippen LogP contribution in [0.3, 0.4) is 0 Å². The quantitative estimate of drug-likeness (QED) is 0.366. The maximum Gasteiger partial charge on any atom is 0.120 e. The molecular weight excluding hydrogens is 164 g/mol. The normalized spacial score (nSPS) is 13.2. The predicted molar refractivity (Wildman–Crippen MR) is 49.7 cm³/mol. The molecule has 0 bridgehead atoms. The lowest BCUT2D eigenvalue weighted by Crippen LogP contribution is -2.10. The molecule has 3 heteroatoms. The maximum absolute atomic E-state index is 5.34. The largest absolute Gasteiger partial charge is 0.366 e. The van der Waals surface area contributed by atoms with Crippen LogP contribution >= 0.6 is 11.6 Å². The summed E-state index contributed by atoms with van der Waals surface area (Å²) in [7, 11) is 0.0457. The van der Waals surface area contributed by atoms with Crippen molar-refractivity contribution in [3.63, 3.8) is 0 Å². The van der Waals surface area contributed by atoms with Crippen LogP contribution in [0.15, 0.2) is 0 Å². The Morgan fingerprint density at radius 2 is 2.00 bits per heavy atom. The molecule has 0 aliphatic carbocycles. The molecule has 0 aliphatic heterocycles. The minimum absolute atomic E-state index is 0.0457. The molecule has 0 fully saturated rings. The van der Waals surface area contributed by atoms with Gasteiger partial charge in [-0.1, -0.05) is 32.4 Å². The smallest absolute Gasteiger partial charge is 0.120 e. The molecule has 10 heavy (non-hydrogen) atoms. The monoisotopic (exact) mass is 180 g/mol. The lowest BCUT2D eigenvalue weighted by Gasteiger charge is -2.16. The summed E-state index contributed by atoms with van der Waals surface area (Å²) < 4.78 is 5.03. The molecule has 0 amide bonds. The van der Waals surface area contributed by atoms with Crippen LogP contribution in [0.25, 0.3) is 0 Å². The Labute approximate surface area is 70.9 Å². The SMILES string of the molecule is CC(C)(C)[SiH2]CCOCCl. The van der Waals surface area contributed by atoms with E-state index in [9.17, 15) is 0 Å². The van der Waals surface area contributed by atoms with E-state index >= 15 is 0 Å². The summed E-state index contributed by atoms with van der Waals surface area (Å²) in [6.07, 6.45) is 0. The van der Waals surface area contributed by atoms with Crippen molar-refractivity contribution in [3.05, 3.63) is 0 Å². The molecule has 0 aromatic carbocycles. The zero-order valence-corrected chi connectivity index (χ0v) is 9.28. The highest BCUT2D eigenvalue weighted by Gasteiger charge is 2.09. The zero-order chi connectivity index (χ0) is 8.04. The number of rotatable bonds is 4. The fourth-order valence-corrected chi connectivity index (χ4v) is 2.28. The molecule has 1 nitrogen and oxygen atoms in total. The second kappa shape index (κ2) is 5.16. The van der Waals surface area contributed by atoms with E-state index in [0.717, 1.165) is 6.61 Å². The Hall–Kier alpha value is 0.467. The topological polar surface area (TPSA) is 9.23 Å². The Kier molecular flexibility index (Phi) is 5.40. The third kappa shape index (κ3) is 8.47. The first-order valence-corrected chi connectivity index (χ1v) is 5.94. The van der Waals surface area contributed by atoms with E-state index in [1.54, 1.807) is 0 Å². The summed E-state index contributed by atoms with van der Waals surface area (Å²) in [5.41, 5.74) is 0. The zero-order valence-electron chi connectivity index (χ0n) is 7.11. The van der Waals surface area contributed by atoms with Crippen LogP contribution in [0.4, 0.5) is 0 Å². The third-order valence-corrected chi connectivity index (χ3v) is 3.59. The molecule has 0 saturated heterocycles. The van der Waals surface area contributed by atoms with Crippen LogP contribution in [-0.2, 0) is 4.74 Å². The van der Waals surface area contributed by atoms with Crippen molar-refractivity contribution in [2.24, 2.45) is 0 Å². The maximum atomic E-state index is 5.34. The Morgan fingerprint density at radius 3 is 2.40 bits per heavy atom. The lowest BCUT2D eigenvalue weighted by molar-refractivity contribution is 0.194. The molecule has 0 aliphatic rings. The van der Waals surface area contributed by atoms with Crippen molar-refractivity contribution in [3.8, 4) is 0 Å². The summed E-state index contributed by atoms with van der Waals surface area (Å²) in [5, 5.41) is 0.565. The molecule has 62 valence electrons. The molecule has 0 aromatic rings. The van der Waals surface area contributed by atoms with Crippen molar-refractivity contribution in [2.45, 2.75) is 31.9 Å². The number of hydrogen-bond acceptors (Lipinski definition) is 1. The van der Waals surface area contributed by atoms with E-state index in [-0.39, 0.29) is 9.52 Å². The Balaban J connectivity index is 3.04. The second-order valence-electron chi connectivity index (χ2n) is 3.68. The van der Waals surface area contributed by atoms with Crippen molar-refractivity contribution < 1.29 is 4.74 Å². The van der Waals surface area contributed by atoms with Gasteiger partial charge in [0.25, 0.3) is 0 Å². The molecule has 0 unspecified atom stereocenters. The van der Waals surface area contributed by atoms with Gasteiger partial charge < -0.3 is 4.74 Å². The minimum atomic E-state index is 0.0457. The van der Waals surface area contributed by atoms with Gasteiger partial charge in [-0.25, -0.2) is 0 Å². The number of alkyl halides is 1.